The Balaban J connectivity index is 2.66. The summed E-state index contributed by atoms with van der Waals surface area (Å²) < 4.78 is 0. The van der Waals surface area contributed by atoms with Crippen molar-refractivity contribution in [2.45, 2.75) is 32.7 Å². The third-order valence-electron chi connectivity index (χ3n) is 2.87. The van der Waals surface area contributed by atoms with Crippen molar-refractivity contribution in [1.82, 2.24) is 10.2 Å². The molecule has 5 nitrogen and oxygen atoms in total. The van der Waals surface area contributed by atoms with Gasteiger partial charge in [-0.3, -0.25) is 4.79 Å². The van der Waals surface area contributed by atoms with Gasteiger partial charge in [-0.05, 0) is 31.5 Å². The minimum atomic E-state index is -0.250. The standard InChI is InChI=1S/C15H23N3O2/c1-5-7-11(2)16-15(20)17-13-9-6-8-12(10-13)14(19)18(3)4/h6,8-11H,5,7H2,1-4H3,(H2,16,17,20). The summed E-state index contributed by atoms with van der Waals surface area (Å²) in [6.45, 7) is 4.04. The molecule has 1 unspecified atom stereocenters. The fourth-order valence-corrected chi connectivity index (χ4v) is 1.88. The molecule has 0 heterocycles. The van der Waals surface area contributed by atoms with Gasteiger partial charge >= 0.3 is 6.03 Å². The van der Waals surface area contributed by atoms with Gasteiger partial charge in [-0.2, -0.15) is 0 Å². The van der Waals surface area contributed by atoms with Gasteiger partial charge in [0.2, 0.25) is 0 Å². The Kier molecular flexibility index (Phi) is 6.03. The van der Waals surface area contributed by atoms with E-state index in [0.29, 0.717) is 11.3 Å². The van der Waals surface area contributed by atoms with Gasteiger partial charge in [-0.15, -0.1) is 0 Å². The smallest absolute Gasteiger partial charge is 0.319 e. The molecule has 5 heteroatoms. The van der Waals surface area contributed by atoms with Gasteiger partial charge in [0.25, 0.3) is 5.91 Å². The molecular formula is C15H23N3O2. The SMILES string of the molecule is CCCC(C)NC(=O)Nc1cccc(C(=O)N(C)C)c1. The molecular weight excluding hydrogens is 254 g/mol. The highest BCUT2D eigenvalue weighted by molar-refractivity contribution is 5.96. The zero-order valence-corrected chi connectivity index (χ0v) is 12.6. The topological polar surface area (TPSA) is 61.4 Å². The Morgan fingerprint density at radius 3 is 2.60 bits per heavy atom. The van der Waals surface area contributed by atoms with E-state index in [4.69, 9.17) is 0 Å². The van der Waals surface area contributed by atoms with Crippen LogP contribution in [-0.2, 0) is 0 Å². The van der Waals surface area contributed by atoms with E-state index in [2.05, 4.69) is 17.6 Å². The number of rotatable bonds is 5. The van der Waals surface area contributed by atoms with Crippen LogP contribution in [0.3, 0.4) is 0 Å². The van der Waals surface area contributed by atoms with Crippen LogP contribution >= 0.6 is 0 Å². The molecule has 0 bridgehead atoms. The van der Waals surface area contributed by atoms with Gasteiger partial charge in [0, 0.05) is 31.4 Å². The lowest BCUT2D eigenvalue weighted by atomic mass is 10.2. The van der Waals surface area contributed by atoms with Gasteiger partial charge in [0.05, 0.1) is 0 Å². The van der Waals surface area contributed by atoms with Crippen LogP contribution in [0.5, 0.6) is 0 Å². The molecule has 1 aromatic carbocycles. The Bertz CT molecular complexity index is 472. The minimum absolute atomic E-state index is 0.0894. The summed E-state index contributed by atoms with van der Waals surface area (Å²) in [5.41, 5.74) is 1.16. The van der Waals surface area contributed by atoms with Gasteiger partial charge in [0.1, 0.15) is 0 Å². The van der Waals surface area contributed by atoms with E-state index >= 15 is 0 Å². The van der Waals surface area contributed by atoms with Crippen molar-refractivity contribution in [2.24, 2.45) is 0 Å². The van der Waals surface area contributed by atoms with E-state index in [9.17, 15) is 9.59 Å². The minimum Gasteiger partial charge on any atom is -0.345 e. The number of nitrogens with zero attached hydrogens (tertiary/aromatic N) is 1. The van der Waals surface area contributed by atoms with Crippen LogP contribution in [0.2, 0.25) is 0 Å². The lowest BCUT2D eigenvalue weighted by Gasteiger charge is -2.14. The molecule has 1 atom stereocenters. The molecule has 1 aromatic rings. The van der Waals surface area contributed by atoms with Crippen LogP contribution in [0.15, 0.2) is 24.3 Å². The number of carbonyl (C=O) groups is 2. The number of carbonyl (C=O) groups excluding carboxylic acids is 2. The van der Waals surface area contributed by atoms with Crippen LogP contribution < -0.4 is 10.6 Å². The first kappa shape index (κ1) is 16.0. The third-order valence-corrected chi connectivity index (χ3v) is 2.87. The third kappa shape index (κ3) is 4.91. The van der Waals surface area contributed by atoms with Crippen molar-refractivity contribution in [3.05, 3.63) is 29.8 Å². The lowest BCUT2D eigenvalue weighted by molar-refractivity contribution is 0.0827. The fraction of sp³-hybridized carbons (Fsp3) is 0.467. The number of hydrogen-bond acceptors (Lipinski definition) is 2. The zero-order valence-electron chi connectivity index (χ0n) is 12.6. The maximum Gasteiger partial charge on any atom is 0.319 e. The second-order valence-corrected chi connectivity index (χ2v) is 5.07. The first-order valence-corrected chi connectivity index (χ1v) is 6.83. The molecule has 0 radical (unpaired) electrons. The highest BCUT2D eigenvalue weighted by Crippen LogP contribution is 2.12. The largest absolute Gasteiger partial charge is 0.345 e. The Labute approximate surface area is 120 Å². The normalized spacial score (nSPS) is 11.6. The van der Waals surface area contributed by atoms with Crippen molar-refractivity contribution in [3.8, 4) is 0 Å². The molecule has 0 fully saturated rings. The quantitative estimate of drug-likeness (QED) is 0.869. The van der Waals surface area contributed by atoms with E-state index in [1.54, 1.807) is 38.4 Å². The summed E-state index contributed by atoms with van der Waals surface area (Å²) in [6.07, 6.45) is 1.96. The average molecular weight is 277 g/mol. The van der Waals surface area contributed by atoms with Crippen LogP contribution in [0, 0.1) is 0 Å². The molecule has 1 rings (SSSR count). The van der Waals surface area contributed by atoms with Gasteiger partial charge in [0.15, 0.2) is 0 Å². The molecule has 0 saturated heterocycles. The van der Waals surface area contributed by atoms with E-state index in [-0.39, 0.29) is 18.0 Å². The van der Waals surface area contributed by atoms with Gasteiger partial charge < -0.3 is 15.5 Å². The van der Waals surface area contributed by atoms with Crippen molar-refractivity contribution in [2.75, 3.05) is 19.4 Å². The van der Waals surface area contributed by atoms with Crippen LogP contribution in [0.1, 0.15) is 37.0 Å². The molecule has 0 aliphatic carbocycles. The number of urea groups is 1. The fourth-order valence-electron chi connectivity index (χ4n) is 1.88. The Morgan fingerprint density at radius 2 is 2.00 bits per heavy atom. The summed E-state index contributed by atoms with van der Waals surface area (Å²) in [5, 5.41) is 5.60. The second kappa shape index (κ2) is 7.53. The molecule has 0 aliphatic heterocycles. The van der Waals surface area contributed by atoms with Crippen molar-refractivity contribution in [1.29, 1.82) is 0 Å². The van der Waals surface area contributed by atoms with Crippen LogP contribution in [0.4, 0.5) is 10.5 Å². The molecule has 3 amide bonds. The van der Waals surface area contributed by atoms with E-state index in [0.717, 1.165) is 12.8 Å². The summed E-state index contributed by atoms with van der Waals surface area (Å²) in [5.74, 6) is -0.0894. The first-order chi connectivity index (χ1) is 9.43. The maximum absolute atomic E-state index is 11.8. The van der Waals surface area contributed by atoms with Crippen molar-refractivity contribution >= 4 is 17.6 Å². The zero-order chi connectivity index (χ0) is 15.1. The molecule has 20 heavy (non-hydrogen) atoms. The van der Waals surface area contributed by atoms with Gasteiger partial charge in [-0.1, -0.05) is 19.4 Å². The summed E-state index contributed by atoms with van der Waals surface area (Å²) >= 11 is 0. The van der Waals surface area contributed by atoms with Gasteiger partial charge in [-0.25, -0.2) is 4.79 Å². The summed E-state index contributed by atoms with van der Waals surface area (Å²) in [7, 11) is 3.39. The monoisotopic (exact) mass is 277 g/mol. The Morgan fingerprint density at radius 1 is 1.30 bits per heavy atom. The van der Waals surface area contributed by atoms with Crippen molar-refractivity contribution in [3.63, 3.8) is 0 Å². The molecule has 110 valence electrons. The number of hydrogen-bond donors (Lipinski definition) is 2. The maximum atomic E-state index is 11.8. The van der Waals surface area contributed by atoms with Crippen LogP contribution in [0.25, 0.3) is 0 Å². The number of amides is 3. The molecule has 2 N–H and O–H groups in total. The highest BCUT2D eigenvalue weighted by atomic mass is 16.2. The summed E-state index contributed by atoms with van der Waals surface area (Å²) in [6, 6.07) is 6.79. The van der Waals surface area contributed by atoms with E-state index in [1.807, 2.05) is 6.92 Å². The second-order valence-electron chi connectivity index (χ2n) is 5.07. The lowest BCUT2D eigenvalue weighted by Crippen LogP contribution is -2.36. The van der Waals surface area contributed by atoms with E-state index in [1.165, 1.54) is 4.90 Å². The highest BCUT2D eigenvalue weighted by Gasteiger charge is 2.10. The first-order valence-electron chi connectivity index (χ1n) is 6.83. The molecule has 0 aliphatic rings. The molecule has 0 aromatic heterocycles. The molecule has 0 saturated carbocycles. The molecule has 0 spiro atoms. The van der Waals surface area contributed by atoms with E-state index < -0.39 is 0 Å². The predicted molar refractivity (Wildman–Crippen MR) is 81.0 cm³/mol. The number of nitrogens with one attached hydrogen (secondary N) is 2. The average Bonchev–Trinajstić information content (AvgIpc) is 2.37. The number of anilines is 1. The van der Waals surface area contributed by atoms with Crippen LogP contribution in [-0.4, -0.2) is 37.0 Å². The number of benzene rings is 1. The predicted octanol–water partition coefficient (Wildman–Crippen LogP) is 2.70. The van der Waals surface area contributed by atoms with Crippen molar-refractivity contribution < 1.29 is 9.59 Å². The Hall–Kier alpha value is -2.04. The summed E-state index contributed by atoms with van der Waals surface area (Å²) in [4.78, 5) is 25.1.